The Bertz CT molecular complexity index is 748. The van der Waals surface area contributed by atoms with E-state index in [1.807, 2.05) is 6.92 Å². The van der Waals surface area contributed by atoms with Crippen molar-refractivity contribution in [2.24, 2.45) is 4.99 Å². The van der Waals surface area contributed by atoms with E-state index < -0.39 is 0 Å². The number of aryl methyl sites for hydroxylation is 2. The Hall–Kier alpha value is -1.96. The van der Waals surface area contributed by atoms with Crippen molar-refractivity contribution in [2.75, 3.05) is 13.7 Å². The highest BCUT2D eigenvalue weighted by molar-refractivity contribution is 14.0. The van der Waals surface area contributed by atoms with E-state index in [0.29, 0.717) is 24.8 Å². The van der Waals surface area contributed by atoms with E-state index in [-0.39, 0.29) is 29.7 Å². The first kappa shape index (κ1) is 22.1. The van der Waals surface area contributed by atoms with Crippen LogP contribution < -0.4 is 15.4 Å². The lowest BCUT2D eigenvalue weighted by molar-refractivity contribution is 0.411. The number of phenolic OH excluding ortho intramolecular Hbond substituents is 1. The van der Waals surface area contributed by atoms with E-state index >= 15 is 0 Å². The van der Waals surface area contributed by atoms with Crippen LogP contribution in [0.5, 0.6) is 11.5 Å². The number of phenols is 1. The van der Waals surface area contributed by atoms with Gasteiger partial charge >= 0.3 is 0 Å². The molecular weight excluding hydrogens is 441 g/mol. The lowest BCUT2D eigenvalue weighted by atomic mass is 10.1. The predicted octanol–water partition coefficient (Wildman–Crippen LogP) is 3.89. The molecule has 2 aromatic carbocycles. The van der Waals surface area contributed by atoms with Crippen LogP contribution in [0.1, 0.15) is 29.2 Å². The number of hydrogen-bond donors (Lipinski definition) is 3. The first-order valence-electron chi connectivity index (χ1n) is 8.47. The topological polar surface area (TPSA) is 65.9 Å². The molecule has 0 saturated carbocycles. The van der Waals surface area contributed by atoms with Gasteiger partial charge in [0.1, 0.15) is 11.5 Å². The number of aliphatic imine (C=N–C) groups is 1. The summed E-state index contributed by atoms with van der Waals surface area (Å²) >= 11 is 0. The van der Waals surface area contributed by atoms with Gasteiger partial charge in [-0.25, -0.2) is 4.99 Å². The molecule has 0 aliphatic rings. The predicted molar refractivity (Wildman–Crippen MR) is 118 cm³/mol. The van der Waals surface area contributed by atoms with Crippen molar-refractivity contribution >= 4 is 29.9 Å². The molecule has 0 amide bonds. The van der Waals surface area contributed by atoms with Crippen LogP contribution in [0.4, 0.5) is 0 Å². The molecule has 2 rings (SSSR count). The van der Waals surface area contributed by atoms with Crippen LogP contribution in [-0.2, 0) is 13.1 Å². The van der Waals surface area contributed by atoms with Crippen molar-refractivity contribution < 1.29 is 9.84 Å². The van der Waals surface area contributed by atoms with E-state index in [1.54, 1.807) is 25.3 Å². The van der Waals surface area contributed by atoms with E-state index in [9.17, 15) is 5.11 Å². The third kappa shape index (κ3) is 6.40. The average molecular weight is 469 g/mol. The zero-order valence-electron chi connectivity index (χ0n) is 15.8. The van der Waals surface area contributed by atoms with Crippen LogP contribution in [0.15, 0.2) is 41.4 Å². The molecule has 3 N–H and O–H groups in total. The summed E-state index contributed by atoms with van der Waals surface area (Å²) < 4.78 is 5.20. The van der Waals surface area contributed by atoms with E-state index in [4.69, 9.17) is 4.74 Å². The molecule has 0 spiro atoms. The molecule has 0 radical (unpaired) electrons. The highest BCUT2D eigenvalue weighted by Crippen LogP contribution is 2.23. The van der Waals surface area contributed by atoms with Gasteiger partial charge in [0.25, 0.3) is 0 Å². The van der Waals surface area contributed by atoms with Gasteiger partial charge in [0.05, 0.1) is 13.7 Å². The van der Waals surface area contributed by atoms with E-state index in [1.165, 1.54) is 16.7 Å². The Morgan fingerprint density at radius 2 is 1.85 bits per heavy atom. The quantitative estimate of drug-likeness (QED) is 0.341. The maximum atomic E-state index is 9.98. The SMILES string of the molecule is CCNC(=NCc1cc(OC)ccc1O)NCc1ccc(C)cc1C.I. The molecule has 142 valence electrons. The zero-order valence-corrected chi connectivity index (χ0v) is 18.1. The van der Waals surface area contributed by atoms with Gasteiger partial charge in [-0.15, -0.1) is 24.0 Å². The molecule has 2 aromatic rings. The second-order valence-corrected chi connectivity index (χ2v) is 5.97. The van der Waals surface area contributed by atoms with Crippen LogP contribution >= 0.6 is 24.0 Å². The molecule has 0 saturated heterocycles. The lowest BCUT2D eigenvalue weighted by Gasteiger charge is -2.13. The standard InChI is InChI=1S/C20H27N3O2.HI/c1-5-21-20(22-12-16-7-6-14(2)10-15(16)3)23-13-17-11-18(25-4)8-9-19(17)24;/h6-11,24H,5,12-13H2,1-4H3,(H2,21,22,23);1H. The van der Waals surface area contributed by atoms with Crippen molar-refractivity contribution in [3.63, 3.8) is 0 Å². The molecule has 0 fully saturated rings. The van der Waals surface area contributed by atoms with E-state index in [2.05, 4.69) is 47.7 Å². The van der Waals surface area contributed by atoms with Crippen molar-refractivity contribution in [2.45, 2.75) is 33.9 Å². The number of guanidine groups is 1. The Morgan fingerprint density at radius 1 is 1.08 bits per heavy atom. The summed E-state index contributed by atoms with van der Waals surface area (Å²) in [6.45, 7) is 8.06. The fraction of sp³-hybridized carbons (Fsp3) is 0.350. The summed E-state index contributed by atoms with van der Waals surface area (Å²) in [4.78, 5) is 4.56. The Balaban J connectivity index is 0.00000338. The van der Waals surface area contributed by atoms with Crippen molar-refractivity contribution in [3.05, 3.63) is 58.7 Å². The van der Waals surface area contributed by atoms with Crippen molar-refractivity contribution in [1.29, 1.82) is 0 Å². The van der Waals surface area contributed by atoms with Gasteiger partial charge in [-0.3, -0.25) is 0 Å². The molecule has 0 heterocycles. The van der Waals surface area contributed by atoms with Crippen molar-refractivity contribution in [1.82, 2.24) is 10.6 Å². The first-order chi connectivity index (χ1) is 12.0. The number of aromatic hydroxyl groups is 1. The van der Waals surface area contributed by atoms with Gasteiger partial charge in [0.2, 0.25) is 0 Å². The number of ether oxygens (including phenoxy) is 1. The maximum absolute atomic E-state index is 9.98. The molecule has 0 bridgehead atoms. The summed E-state index contributed by atoms with van der Waals surface area (Å²) in [5, 5.41) is 16.5. The minimum Gasteiger partial charge on any atom is -0.508 e. The molecule has 26 heavy (non-hydrogen) atoms. The number of halogens is 1. The molecule has 0 aliphatic carbocycles. The summed E-state index contributed by atoms with van der Waals surface area (Å²) in [5.41, 5.74) is 4.48. The maximum Gasteiger partial charge on any atom is 0.191 e. The molecule has 6 heteroatoms. The van der Waals surface area contributed by atoms with Crippen LogP contribution in [0, 0.1) is 13.8 Å². The van der Waals surface area contributed by atoms with Gasteiger partial charge in [0.15, 0.2) is 5.96 Å². The Labute approximate surface area is 172 Å². The smallest absolute Gasteiger partial charge is 0.191 e. The number of methoxy groups -OCH3 is 1. The molecular formula is C20H28IN3O2. The Kier molecular flexibility index (Phi) is 9.26. The summed E-state index contributed by atoms with van der Waals surface area (Å²) in [6.07, 6.45) is 0. The fourth-order valence-electron chi connectivity index (χ4n) is 2.54. The van der Waals surface area contributed by atoms with Gasteiger partial charge in [0, 0.05) is 18.7 Å². The zero-order chi connectivity index (χ0) is 18.2. The second-order valence-electron chi connectivity index (χ2n) is 5.97. The van der Waals surface area contributed by atoms with Crippen LogP contribution in [0.25, 0.3) is 0 Å². The molecule has 5 nitrogen and oxygen atoms in total. The number of nitrogens with one attached hydrogen (secondary N) is 2. The summed E-state index contributed by atoms with van der Waals surface area (Å²) in [5.74, 6) is 1.63. The lowest BCUT2D eigenvalue weighted by Crippen LogP contribution is -2.36. The minimum atomic E-state index is 0. The molecule has 0 aliphatic heterocycles. The average Bonchev–Trinajstić information content (AvgIpc) is 2.59. The third-order valence-electron chi connectivity index (χ3n) is 3.98. The van der Waals surface area contributed by atoms with E-state index in [0.717, 1.165) is 12.1 Å². The summed E-state index contributed by atoms with van der Waals surface area (Å²) in [7, 11) is 1.61. The highest BCUT2D eigenvalue weighted by atomic mass is 127. The number of rotatable bonds is 6. The minimum absolute atomic E-state index is 0. The molecule has 0 unspecified atom stereocenters. The number of nitrogens with zero attached hydrogens (tertiary/aromatic N) is 1. The number of benzene rings is 2. The summed E-state index contributed by atoms with van der Waals surface area (Å²) in [6, 6.07) is 11.6. The normalized spacial score (nSPS) is 10.8. The highest BCUT2D eigenvalue weighted by Gasteiger charge is 2.05. The van der Waals surface area contributed by atoms with Gasteiger partial charge in [-0.2, -0.15) is 0 Å². The Morgan fingerprint density at radius 3 is 2.50 bits per heavy atom. The monoisotopic (exact) mass is 469 g/mol. The largest absolute Gasteiger partial charge is 0.508 e. The van der Waals surface area contributed by atoms with Crippen LogP contribution in [0.3, 0.4) is 0 Å². The number of hydrogen-bond acceptors (Lipinski definition) is 3. The first-order valence-corrected chi connectivity index (χ1v) is 8.47. The third-order valence-corrected chi connectivity index (χ3v) is 3.98. The van der Waals surface area contributed by atoms with Gasteiger partial charge in [-0.05, 0) is 50.1 Å². The fourth-order valence-corrected chi connectivity index (χ4v) is 2.54. The second kappa shape index (κ2) is 10.9. The van der Waals surface area contributed by atoms with Gasteiger partial charge in [-0.1, -0.05) is 23.8 Å². The molecule has 0 aromatic heterocycles. The molecule has 0 atom stereocenters. The van der Waals surface area contributed by atoms with Crippen LogP contribution in [-0.4, -0.2) is 24.7 Å². The van der Waals surface area contributed by atoms with Gasteiger partial charge < -0.3 is 20.5 Å². The van der Waals surface area contributed by atoms with Crippen molar-refractivity contribution in [3.8, 4) is 11.5 Å². The van der Waals surface area contributed by atoms with Crippen LogP contribution in [0.2, 0.25) is 0 Å².